The van der Waals surface area contributed by atoms with Crippen molar-refractivity contribution < 1.29 is 18.8 Å². The van der Waals surface area contributed by atoms with Crippen LogP contribution in [-0.4, -0.2) is 12.0 Å². The molecule has 21 heavy (non-hydrogen) atoms. The molecule has 0 fully saturated rings. The zero-order chi connectivity index (χ0) is 15.4. The van der Waals surface area contributed by atoms with Crippen molar-refractivity contribution in [2.24, 2.45) is 0 Å². The number of ether oxygens (including phenoxy) is 2. The molecule has 0 aliphatic rings. The monoisotopic (exact) mass is 311 g/mol. The van der Waals surface area contributed by atoms with Crippen molar-refractivity contribution in [2.45, 2.75) is 6.61 Å². The largest absolute Gasteiger partial charge is 0.494 e. The van der Waals surface area contributed by atoms with Gasteiger partial charge in [-0.05, 0) is 29.8 Å². The van der Waals surface area contributed by atoms with Crippen LogP contribution < -0.4 is 9.47 Å². The molecule has 0 saturated carbocycles. The van der Waals surface area contributed by atoms with E-state index >= 15 is 0 Å². The molecule has 0 radical (unpaired) electrons. The summed E-state index contributed by atoms with van der Waals surface area (Å²) in [5, 5.41) is 11.2. The molecule has 5 nitrogen and oxygen atoms in total. The number of halogens is 2. The van der Waals surface area contributed by atoms with E-state index in [1.54, 1.807) is 6.07 Å². The Morgan fingerprint density at radius 1 is 1.24 bits per heavy atom. The Labute approximate surface area is 125 Å². The summed E-state index contributed by atoms with van der Waals surface area (Å²) < 4.78 is 23.7. The molecule has 0 aliphatic carbocycles. The Hall–Kier alpha value is -2.34. The van der Waals surface area contributed by atoms with E-state index in [4.69, 9.17) is 21.1 Å². The maximum Gasteiger partial charge on any atom is 0.312 e. The highest BCUT2D eigenvalue weighted by molar-refractivity contribution is 6.30. The summed E-state index contributed by atoms with van der Waals surface area (Å²) in [5.74, 6) is -0.332. The van der Waals surface area contributed by atoms with Crippen LogP contribution in [0.3, 0.4) is 0 Å². The summed E-state index contributed by atoms with van der Waals surface area (Å²) in [6.45, 7) is -0.0105. The summed E-state index contributed by atoms with van der Waals surface area (Å²) >= 11 is 5.71. The van der Waals surface area contributed by atoms with Gasteiger partial charge >= 0.3 is 5.69 Å². The molecule has 0 atom stereocenters. The molecule has 2 aromatic carbocycles. The van der Waals surface area contributed by atoms with Crippen LogP contribution in [0.5, 0.6) is 11.5 Å². The summed E-state index contributed by atoms with van der Waals surface area (Å²) in [7, 11) is 1.37. The van der Waals surface area contributed by atoms with E-state index in [1.807, 2.05) is 0 Å². The molecule has 0 aromatic heterocycles. The number of nitrogens with zero attached hydrogens (tertiary/aromatic N) is 1. The fourth-order valence-electron chi connectivity index (χ4n) is 1.72. The number of benzene rings is 2. The first-order valence-corrected chi connectivity index (χ1v) is 6.28. The van der Waals surface area contributed by atoms with Gasteiger partial charge < -0.3 is 9.47 Å². The maximum absolute atomic E-state index is 13.5. The van der Waals surface area contributed by atoms with Crippen LogP contribution >= 0.6 is 11.6 Å². The van der Waals surface area contributed by atoms with Gasteiger partial charge in [-0.1, -0.05) is 17.7 Å². The highest BCUT2D eigenvalue weighted by Crippen LogP contribution is 2.30. The van der Waals surface area contributed by atoms with Crippen molar-refractivity contribution in [3.63, 3.8) is 0 Å². The molecule has 2 rings (SSSR count). The topological polar surface area (TPSA) is 61.6 Å². The van der Waals surface area contributed by atoms with Gasteiger partial charge in [-0.25, -0.2) is 4.39 Å². The molecule has 7 heteroatoms. The standard InChI is InChI=1S/C14H11ClFNO4/c1-20-13-4-2-9(6-11(13)16)8-21-14-5-3-10(15)7-12(14)17(18)19/h2-7H,8H2,1H3. The SMILES string of the molecule is COc1ccc(COc2ccc(Cl)cc2[N+](=O)[O-])cc1F. The summed E-state index contributed by atoms with van der Waals surface area (Å²) in [6.07, 6.45) is 0. The van der Waals surface area contributed by atoms with Gasteiger partial charge in [-0.15, -0.1) is 0 Å². The lowest BCUT2D eigenvalue weighted by atomic mass is 10.2. The summed E-state index contributed by atoms with van der Waals surface area (Å²) in [6, 6.07) is 8.42. The predicted octanol–water partition coefficient (Wildman–Crippen LogP) is 3.97. The molecule has 0 bridgehead atoms. The Morgan fingerprint density at radius 2 is 1.95 bits per heavy atom. The molecule has 0 heterocycles. The van der Waals surface area contributed by atoms with E-state index in [0.29, 0.717) is 5.56 Å². The van der Waals surface area contributed by atoms with E-state index in [9.17, 15) is 14.5 Å². The van der Waals surface area contributed by atoms with Gasteiger partial charge in [0.25, 0.3) is 0 Å². The van der Waals surface area contributed by atoms with Gasteiger partial charge in [0.05, 0.1) is 12.0 Å². The molecular weight excluding hydrogens is 301 g/mol. The quantitative estimate of drug-likeness (QED) is 0.619. The van der Waals surface area contributed by atoms with Crippen molar-refractivity contribution in [1.82, 2.24) is 0 Å². The molecule has 2 aromatic rings. The number of nitro groups is 1. The van der Waals surface area contributed by atoms with Gasteiger partial charge in [0, 0.05) is 11.1 Å². The van der Waals surface area contributed by atoms with Crippen LogP contribution in [0, 0.1) is 15.9 Å². The van der Waals surface area contributed by atoms with Gasteiger partial charge in [0.2, 0.25) is 0 Å². The zero-order valence-electron chi connectivity index (χ0n) is 11.0. The minimum Gasteiger partial charge on any atom is -0.494 e. The van der Waals surface area contributed by atoms with Crippen LogP contribution in [-0.2, 0) is 6.61 Å². The smallest absolute Gasteiger partial charge is 0.312 e. The second-order valence-electron chi connectivity index (χ2n) is 4.13. The third kappa shape index (κ3) is 3.61. The fourth-order valence-corrected chi connectivity index (χ4v) is 1.88. The molecule has 0 N–H and O–H groups in total. The molecular formula is C14H11ClFNO4. The van der Waals surface area contributed by atoms with Gasteiger partial charge in [-0.3, -0.25) is 10.1 Å². The minimum atomic E-state index is -0.587. The van der Waals surface area contributed by atoms with Crippen LogP contribution in [0.15, 0.2) is 36.4 Å². The van der Waals surface area contributed by atoms with Gasteiger partial charge in [-0.2, -0.15) is 0 Å². The van der Waals surface area contributed by atoms with Gasteiger partial charge in [0.15, 0.2) is 17.3 Å². The highest BCUT2D eigenvalue weighted by Gasteiger charge is 2.16. The average molecular weight is 312 g/mol. The molecule has 110 valence electrons. The number of methoxy groups -OCH3 is 1. The lowest BCUT2D eigenvalue weighted by molar-refractivity contribution is -0.385. The molecule has 0 unspecified atom stereocenters. The zero-order valence-corrected chi connectivity index (χ0v) is 11.8. The van der Waals surface area contributed by atoms with Gasteiger partial charge in [0.1, 0.15) is 6.61 Å². The highest BCUT2D eigenvalue weighted by atomic mass is 35.5. The van der Waals surface area contributed by atoms with E-state index in [-0.39, 0.29) is 28.8 Å². The predicted molar refractivity (Wildman–Crippen MR) is 75.4 cm³/mol. The molecule has 0 saturated heterocycles. The van der Waals surface area contributed by atoms with E-state index in [2.05, 4.69) is 0 Å². The Bertz CT molecular complexity index is 678. The van der Waals surface area contributed by atoms with E-state index in [0.717, 1.165) is 0 Å². The number of hydrogen-bond acceptors (Lipinski definition) is 4. The first kappa shape index (κ1) is 15.1. The first-order valence-electron chi connectivity index (χ1n) is 5.90. The average Bonchev–Trinajstić information content (AvgIpc) is 2.46. The van der Waals surface area contributed by atoms with Crippen LogP contribution in [0.2, 0.25) is 5.02 Å². The molecule has 0 spiro atoms. The van der Waals surface area contributed by atoms with Crippen LogP contribution in [0.1, 0.15) is 5.56 Å². The fraction of sp³-hybridized carbons (Fsp3) is 0.143. The lowest BCUT2D eigenvalue weighted by Crippen LogP contribution is -2.00. The van der Waals surface area contributed by atoms with E-state index < -0.39 is 10.7 Å². The van der Waals surface area contributed by atoms with Crippen LogP contribution in [0.25, 0.3) is 0 Å². The third-order valence-corrected chi connectivity index (χ3v) is 2.96. The molecule has 0 amide bonds. The summed E-state index contributed by atoms with van der Waals surface area (Å²) in [4.78, 5) is 10.3. The summed E-state index contributed by atoms with van der Waals surface area (Å²) in [5.41, 5.74) is 0.286. The Kier molecular flexibility index (Phi) is 4.59. The second kappa shape index (κ2) is 6.41. The second-order valence-corrected chi connectivity index (χ2v) is 4.56. The number of hydrogen-bond donors (Lipinski definition) is 0. The third-order valence-electron chi connectivity index (χ3n) is 2.73. The van der Waals surface area contributed by atoms with Crippen LogP contribution in [0.4, 0.5) is 10.1 Å². The number of rotatable bonds is 5. The maximum atomic E-state index is 13.5. The van der Waals surface area contributed by atoms with Crippen molar-refractivity contribution in [2.75, 3.05) is 7.11 Å². The van der Waals surface area contributed by atoms with E-state index in [1.165, 1.54) is 37.4 Å². The minimum absolute atomic E-state index is 0.0105. The number of nitro benzene ring substituents is 1. The Morgan fingerprint density at radius 3 is 2.57 bits per heavy atom. The van der Waals surface area contributed by atoms with Crippen molar-refractivity contribution >= 4 is 17.3 Å². The normalized spacial score (nSPS) is 10.2. The first-order chi connectivity index (χ1) is 10.0. The van der Waals surface area contributed by atoms with Crippen molar-refractivity contribution in [3.05, 3.63) is 62.9 Å². The Balaban J connectivity index is 2.16. The van der Waals surface area contributed by atoms with Crippen molar-refractivity contribution in [3.8, 4) is 11.5 Å². The van der Waals surface area contributed by atoms with Crippen molar-refractivity contribution in [1.29, 1.82) is 0 Å². The lowest BCUT2D eigenvalue weighted by Gasteiger charge is -2.08. The molecule has 0 aliphatic heterocycles.